The fourth-order valence-corrected chi connectivity index (χ4v) is 6.39. The van der Waals surface area contributed by atoms with E-state index in [0.29, 0.717) is 17.7 Å². The quantitative estimate of drug-likeness (QED) is 0.301. The number of rotatable bonds is 9. The minimum Gasteiger partial charge on any atom is -0.484 e. The topological polar surface area (TPSA) is 84.9 Å². The van der Waals surface area contributed by atoms with E-state index in [1.54, 1.807) is 12.1 Å². The molecule has 0 radical (unpaired) electrons. The highest BCUT2D eigenvalue weighted by molar-refractivity contribution is 8.00. The summed E-state index contributed by atoms with van der Waals surface area (Å²) in [5.74, 6) is -0.578. The predicted octanol–water partition coefficient (Wildman–Crippen LogP) is 5.06. The van der Waals surface area contributed by atoms with E-state index in [0.717, 1.165) is 11.1 Å². The highest BCUT2D eigenvalue weighted by atomic mass is 32.2. The molecule has 0 bridgehead atoms. The third-order valence-electron chi connectivity index (χ3n) is 6.65. The van der Waals surface area contributed by atoms with Crippen LogP contribution in [-0.4, -0.2) is 40.0 Å². The van der Waals surface area contributed by atoms with Gasteiger partial charge in [-0.2, -0.15) is 0 Å². The fourth-order valence-electron chi connectivity index (χ4n) is 4.76. The monoisotopic (exact) mass is 542 g/mol. The minimum absolute atomic E-state index is 0.134. The van der Waals surface area contributed by atoms with Gasteiger partial charge in [-0.05, 0) is 34.8 Å². The summed E-state index contributed by atoms with van der Waals surface area (Å²) in [5.41, 5.74) is 2.52. The molecule has 2 heterocycles. The summed E-state index contributed by atoms with van der Waals surface area (Å²) in [6, 6.07) is 28.1. The number of hydrogen-bond donors (Lipinski definition) is 1. The number of nitrogens with one attached hydrogen (secondary N) is 1. The molecule has 5 rings (SSSR count). The van der Waals surface area contributed by atoms with Crippen LogP contribution < -0.4 is 10.1 Å². The molecule has 2 aliphatic rings. The molecule has 2 atom stereocenters. The average Bonchev–Trinajstić information content (AvgIpc) is 2.95. The number of para-hydroxylation sites is 1. The summed E-state index contributed by atoms with van der Waals surface area (Å²) in [7, 11) is 0. The molecule has 8 heteroatoms. The summed E-state index contributed by atoms with van der Waals surface area (Å²) < 4.78 is 11.8. The van der Waals surface area contributed by atoms with Crippen LogP contribution in [0.2, 0.25) is 0 Å². The standard InChI is InChI=1S/C31H30N2O5S/c1-20(2)27-28(31(36)38-29(21-12-6-3-7-13-21)22-14-8-4-9-15-22)33-25(35)18-26(33)39-30(27)32-24(34)19-37-23-16-10-5-11-17-23/h3-17,20,26,29-30H,18-19H2,1-2H3,(H,32,34)/t26-,30?/m1/s1. The SMILES string of the molecule is CC(C)C1=C(C(=O)OC(c2ccccc2)c2ccccc2)N2C(=O)C[C@H]2SC1NC(=O)COc1ccccc1. The second-order valence-corrected chi connectivity index (χ2v) is 11.0. The van der Waals surface area contributed by atoms with E-state index in [4.69, 9.17) is 9.47 Å². The van der Waals surface area contributed by atoms with Crippen molar-refractivity contribution in [3.8, 4) is 5.75 Å². The molecule has 0 spiro atoms. The molecular weight excluding hydrogens is 512 g/mol. The number of hydrogen-bond acceptors (Lipinski definition) is 6. The molecule has 1 saturated heterocycles. The molecule has 39 heavy (non-hydrogen) atoms. The van der Waals surface area contributed by atoms with Gasteiger partial charge in [-0.1, -0.05) is 92.7 Å². The first-order valence-electron chi connectivity index (χ1n) is 12.9. The van der Waals surface area contributed by atoms with Crippen LogP contribution >= 0.6 is 11.8 Å². The van der Waals surface area contributed by atoms with E-state index in [1.807, 2.05) is 92.7 Å². The second kappa shape index (κ2) is 11.8. The van der Waals surface area contributed by atoms with Crippen molar-refractivity contribution in [2.24, 2.45) is 5.92 Å². The number of amides is 2. The van der Waals surface area contributed by atoms with Crippen LogP contribution in [0.4, 0.5) is 0 Å². The number of nitrogens with zero attached hydrogens (tertiary/aromatic N) is 1. The third kappa shape index (κ3) is 5.86. The average molecular weight is 543 g/mol. The number of esters is 1. The van der Waals surface area contributed by atoms with Crippen molar-refractivity contribution in [3.05, 3.63) is 113 Å². The Balaban J connectivity index is 1.43. The van der Waals surface area contributed by atoms with Crippen LogP contribution in [0, 0.1) is 5.92 Å². The van der Waals surface area contributed by atoms with Crippen molar-refractivity contribution in [3.63, 3.8) is 0 Å². The second-order valence-electron chi connectivity index (χ2n) is 9.67. The van der Waals surface area contributed by atoms with Gasteiger partial charge in [0, 0.05) is 0 Å². The van der Waals surface area contributed by atoms with Crippen molar-refractivity contribution in [2.45, 2.75) is 37.1 Å². The maximum Gasteiger partial charge on any atom is 0.356 e. The van der Waals surface area contributed by atoms with Crippen LogP contribution in [0.1, 0.15) is 37.5 Å². The van der Waals surface area contributed by atoms with E-state index >= 15 is 0 Å². The number of fused-ring (bicyclic) bond motifs is 1. The molecule has 1 fully saturated rings. The molecule has 200 valence electrons. The zero-order chi connectivity index (χ0) is 27.4. The van der Waals surface area contributed by atoms with E-state index in [2.05, 4.69) is 5.32 Å². The molecule has 0 aliphatic carbocycles. The van der Waals surface area contributed by atoms with Crippen LogP contribution in [-0.2, 0) is 19.1 Å². The van der Waals surface area contributed by atoms with Crippen molar-refractivity contribution in [1.29, 1.82) is 0 Å². The van der Waals surface area contributed by atoms with Gasteiger partial charge < -0.3 is 14.8 Å². The molecule has 3 aromatic carbocycles. The zero-order valence-corrected chi connectivity index (χ0v) is 22.6. The molecule has 3 aromatic rings. The lowest BCUT2D eigenvalue weighted by molar-refractivity contribution is -0.152. The normalized spacial score (nSPS) is 18.5. The largest absolute Gasteiger partial charge is 0.484 e. The van der Waals surface area contributed by atoms with Gasteiger partial charge in [-0.25, -0.2) is 4.79 Å². The molecular formula is C31H30N2O5S. The molecule has 0 aromatic heterocycles. The Labute approximate surface area is 232 Å². The highest BCUT2D eigenvalue weighted by Gasteiger charge is 2.50. The van der Waals surface area contributed by atoms with Gasteiger partial charge in [0.05, 0.1) is 11.8 Å². The lowest BCUT2D eigenvalue weighted by Crippen LogP contribution is -2.58. The Morgan fingerprint density at radius 1 is 0.923 bits per heavy atom. The van der Waals surface area contributed by atoms with Crippen molar-refractivity contribution in [1.82, 2.24) is 10.2 Å². The molecule has 2 amide bonds. The smallest absolute Gasteiger partial charge is 0.356 e. The van der Waals surface area contributed by atoms with Gasteiger partial charge in [0.1, 0.15) is 16.8 Å². The van der Waals surface area contributed by atoms with Crippen LogP contribution in [0.5, 0.6) is 5.75 Å². The van der Waals surface area contributed by atoms with Gasteiger partial charge in [0.15, 0.2) is 12.7 Å². The summed E-state index contributed by atoms with van der Waals surface area (Å²) in [5, 5.41) is 2.26. The van der Waals surface area contributed by atoms with E-state index in [-0.39, 0.29) is 35.4 Å². The molecule has 2 aliphatic heterocycles. The van der Waals surface area contributed by atoms with Crippen molar-refractivity contribution >= 4 is 29.5 Å². The Morgan fingerprint density at radius 3 is 2.03 bits per heavy atom. The lowest BCUT2D eigenvalue weighted by Gasteiger charge is -2.48. The van der Waals surface area contributed by atoms with Crippen molar-refractivity contribution in [2.75, 3.05) is 6.61 Å². The molecule has 1 unspecified atom stereocenters. The summed E-state index contributed by atoms with van der Waals surface area (Å²) in [6.45, 7) is 3.72. The van der Waals surface area contributed by atoms with Gasteiger partial charge >= 0.3 is 5.97 Å². The van der Waals surface area contributed by atoms with Crippen LogP contribution in [0.3, 0.4) is 0 Å². The Bertz CT molecular complexity index is 1320. The number of β-lactam (4-membered cyclic amide) rings is 1. The zero-order valence-electron chi connectivity index (χ0n) is 21.8. The number of benzene rings is 3. The van der Waals surface area contributed by atoms with Gasteiger partial charge in [-0.3, -0.25) is 14.5 Å². The van der Waals surface area contributed by atoms with E-state index < -0.39 is 17.4 Å². The summed E-state index contributed by atoms with van der Waals surface area (Å²) in [4.78, 5) is 41.1. The van der Waals surface area contributed by atoms with E-state index in [1.165, 1.54) is 16.7 Å². The third-order valence-corrected chi connectivity index (χ3v) is 7.98. The van der Waals surface area contributed by atoms with Gasteiger partial charge in [0.2, 0.25) is 5.91 Å². The molecule has 7 nitrogen and oxygen atoms in total. The number of thioether (sulfide) groups is 1. The predicted molar refractivity (Wildman–Crippen MR) is 149 cm³/mol. The maximum absolute atomic E-state index is 13.9. The first kappa shape index (κ1) is 26.6. The maximum atomic E-state index is 13.9. The number of ether oxygens (including phenoxy) is 2. The van der Waals surface area contributed by atoms with Crippen LogP contribution in [0.15, 0.2) is 102 Å². The Morgan fingerprint density at radius 2 is 1.49 bits per heavy atom. The fraction of sp³-hybridized carbons (Fsp3) is 0.258. The molecule has 1 N–H and O–H groups in total. The van der Waals surface area contributed by atoms with E-state index in [9.17, 15) is 14.4 Å². The lowest BCUT2D eigenvalue weighted by atomic mass is 9.96. The Kier molecular flexibility index (Phi) is 8.02. The molecule has 0 saturated carbocycles. The number of carbonyl (C=O) groups is 3. The number of carbonyl (C=O) groups excluding carboxylic acids is 3. The van der Waals surface area contributed by atoms with Gasteiger partial charge in [0.25, 0.3) is 5.91 Å². The summed E-state index contributed by atoms with van der Waals surface area (Å²) >= 11 is 1.46. The first-order chi connectivity index (χ1) is 18.9. The Hall–Kier alpha value is -4.04. The first-order valence-corrected chi connectivity index (χ1v) is 13.9. The van der Waals surface area contributed by atoms with Crippen LogP contribution in [0.25, 0.3) is 0 Å². The highest BCUT2D eigenvalue weighted by Crippen LogP contribution is 2.46. The van der Waals surface area contributed by atoms with Gasteiger partial charge in [-0.15, -0.1) is 11.8 Å². The summed E-state index contributed by atoms with van der Waals surface area (Å²) in [6.07, 6.45) is -0.363. The minimum atomic E-state index is -0.655. The van der Waals surface area contributed by atoms with Crippen molar-refractivity contribution < 1.29 is 23.9 Å².